The van der Waals surface area contributed by atoms with Gasteiger partial charge in [-0.3, -0.25) is 10.1 Å². The Morgan fingerprint density at radius 1 is 1.32 bits per heavy atom. The van der Waals surface area contributed by atoms with Crippen LogP contribution >= 0.6 is 0 Å². The Kier molecular flexibility index (Phi) is 8.66. The summed E-state index contributed by atoms with van der Waals surface area (Å²) in [4.78, 5) is 11.1. The number of aliphatic hydroxyl groups is 1. The van der Waals surface area contributed by atoms with Gasteiger partial charge in [-0.2, -0.15) is 0 Å². The van der Waals surface area contributed by atoms with Gasteiger partial charge in [-0.25, -0.2) is 0 Å². The molecule has 2 unspecified atom stereocenters. The number of amides is 1. The third kappa shape index (κ3) is 7.09. The summed E-state index contributed by atoms with van der Waals surface area (Å²) in [5.41, 5.74) is 6.20. The average Bonchev–Trinajstić information content (AvgIpc) is 2.69. The van der Waals surface area contributed by atoms with Crippen LogP contribution in [0.4, 0.5) is 0 Å². The number of rotatable bonds is 12. The van der Waals surface area contributed by atoms with Crippen molar-refractivity contribution < 1.29 is 24.1 Å². The van der Waals surface area contributed by atoms with Crippen molar-refractivity contribution in [3.05, 3.63) is 53.6 Å². The molecule has 0 bridgehead atoms. The lowest BCUT2D eigenvalue weighted by Crippen LogP contribution is -2.49. The lowest BCUT2D eigenvalue weighted by atomic mass is 9.94. The Morgan fingerprint density at radius 3 is 2.71 bits per heavy atom. The quantitative estimate of drug-likeness (QED) is 0.371. The van der Waals surface area contributed by atoms with E-state index in [-0.39, 0.29) is 6.61 Å². The molecule has 0 aromatic heterocycles. The molecule has 154 valence electrons. The molecular weight excluding hydrogens is 360 g/mol. The highest BCUT2D eigenvalue weighted by atomic mass is 16.5. The molecule has 0 saturated heterocycles. The van der Waals surface area contributed by atoms with Crippen molar-refractivity contribution in [1.29, 1.82) is 0 Å². The highest BCUT2D eigenvalue weighted by Crippen LogP contribution is 2.27. The number of nitrogens with one attached hydrogen (secondary N) is 1. The summed E-state index contributed by atoms with van der Waals surface area (Å²) < 4.78 is 16.9. The van der Waals surface area contributed by atoms with Gasteiger partial charge >= 0.3 is 0 Å². The second kappa shape index (κ2) is 11.0. The molecule has 7 heteroatoms. The summed E-state index contributed by atoms with van der Waals surface area (Å²) in [6.07, 6.45) is 6.94. The Morgan fingerprint density at radius 2 is 2.07 bits per heavy atom. The number of primary amides is 1. The maximum Gasteiger partial charge on any atom is 0.248 e. The third-order valence-electron chi connectivity index (χ3n) is 4.33. The van der Waals surface area contributed by atoms with Crippen LogP contribution in [0.1, 0.15) is 30.1 Å². The van der Waals surface area contributed by atoms with Crippen molar-refractivity contribution >= 4 is 5.91 Å². The van der Waals surface area contributed by atoms with Crippen molar-refractivity contribution in [2.24, 2.45) is 5.73 Å². The summed E-state index contributed by atoms with van der Waals surface area (Å²) in [5, 5.41) is 13.0. The SMILES string of the molecule is COCCC1=CC=CC(NCCOc2ccc(C(N)=O)cc2)(OCC(C)O)C1. The fourth-order valence-corrected chi connectivity index (χ4v) is 2.89. The fraction of sp³-hybridized carbons (Fsp3) is 0.476. The maximum atomic E-state index is 11.1. The van der Waals surface area contributed by atoms with E-state index >= 15 is 0 Å². The van der Waals surface area contributed by atoms with Gasteiger partial charge in [-0.05, 0) is 43.7 Å². The molecule has 7 nitrogen and oxygen atoms in total. The van der Waals surface area contributed by atoms with E-state index in [1.165, 1.54) is 5.57 Å². The van der Waals surface area contributed by atoms with E-state index in [1.807, 2.05) is 12.2 Å². The highest BCUT2D eigenvalue weighted by molar-refractivity contribution is 5.92. The summed E-state index contributed by atoms with van der Waals surface area (Å²) >= 11 is 0. The van der Waals surface area contributed by atoms with Crippen molar-refractivity contribution in [3.8, 4) is 5.75 Å². The molecule has 1 aliphatic carbocycles. The molecule has 0 saturated carbocycles. The third-order valence-corrected chi connectivity index (χ3v) is 4.33. The molecule has 0 spiro atoms. The predicted molar refractivity (Wildman–Crippen MR) is 107 cm³/mol. The number of hydrogen-bond acceptors (Lipinski definition) is 6. The van der Waals surface area contributed by atoms with Crippen molar-refractivity contribution in [3.63, 3.8) is 0 Å². The number of nitrogens with two attached hydrogens (primary N) is 1. The monoisotopic (exact) mass is 390 g/mol. The maximum absolute atomic E-state index is 11.1. The van der Waals surface area contributed by atoms with Crippen LogP contribution in [0.2, 0.25) is 0 Å². The minimum Gasteiger partial charge on any atom is -0.492 e. The molecule has 1 aliphatic rings. The topological polar surface area (TPSA) is 103 Å². The van der Waals surface area contributed by atoms with E-state index in [4.69, 9.17) is 19.9 Å². The molecule has 1 aromatic carbocycles. The predicted octanol–water partition coefficient (Wildman–Crippen LogP) is 1.77. The Labute approximate surface area is 166 Å². The van der Waals surface area contributed by atoms with Crippen molar-refractivity contribution in [2.45, 2.75) is 31.6 Å². The molecule has 28 heavy (non-hydrogen) atoms. The van der Waals surface area contributed by atoms with Crippen LogP contribution < -0.4 is 15.8 Å². The Hall–Kier alpha value is -2.19. The second-order valence-electron chi connectivity index (χ2n) is 6.82. The van der Waals surface area contributed by atoms with Gasteiger partial charge in [0.1, 0.15) is 18.1 Å². The normalized spacial score (nSPS) is 19.9. The second-order valence-corrected chi connectivity index (χ2v) is 6.82. The molecule has 0 radical (unpaired) electrons. The first-order chi connectivity index (χ1) is 13.4. The number of carbonyl (C=O) groups excluding carboxylic acids is 1. The first-order valence-corrected chi connectivity index (χ1v) is 9.40. The van der Waals surface area contributed by atoms with E-state index in [9.17, 15) is 9.90 Å². The van der Waals surface area contributed by atoms with Gasteiger partial charge in [0.2, 0.25) is 5.91 Å². The molecular formula is C21H30N2O5. The minimum absolute atomic E-state index is 0.227. The molecule has 1 aromatic rings. The zero-order chi connectivity index (χ0) is 20.4. The van der Waals surface area contributed by atoms with Crippen LogP contribution in [-0.4, -0.2) is 56.3 Å². The van der Waals surface area contributed by atoms with Gasteiger partial charge in [0.15, 0.2) is 0 Å². The van der Waals surface area contributed by atoms with Crippen LogP contribution in [0, 0.1) is 0 Å². The number of carbonyl (C=O) groups is 1. The van der Waals surface area contributed by atoms with Crippen LogP contribution in [0.15, 0.2) is 48.1 Å². The molecule has 0 aliphatic heterocycles. The highest BCUT2D eigenvalue weighted by Gasteiger charge is 2.30. The van der Waals surface area contributed by atoms with Gasteiger partial charge in [-0.15, -0.1) is 0 Å². The van der Waals surface area contributed by atoms with Gasteiger partial charge in [0.05, 0.1) is 12.7 Å². The van der Waals surface area contributed by atoms with E-state index in [0.717, 1.165) is 6.42 Å². The van der Waals surface area contributed by atoms with E-state index in [2.05, 4.69) is 11.4 Å². The van der Waals surface area contributed by atoms with Crippen LogP contribution in [0.5, 0.6) is 5.75 Å². The van der Waals surface area contributed by atoms with E-state index in [1.54, 1.807) is 38.3 Å². The van der Waals surface area contributed by atoms with Crippen molar-refractivity contribution in [1.82, 2.24) is 5.32 Å². The number of ether oxygens (including phenoxy) is 3. The molecule has 0 fully saturated rings. The summed E-state index contributed by atoms with van der Waals surface area (Å²) in [7, 11) is 1.68. The standard InChI is InChI=1S/C21H30N2O5/c1-16(24)15-28-21(10-3-4-17(14-21)9-12-26-2)23-11-13-27-19-7-5-18(6-8-19)20(22)25/h3-8,10,16,23-24H,9,11-15H2,1-2H3,(H2,22,25). The molecule has 2 atom stereocenters. The van der Waals surface area contributed by atoms with Crippen LogP contribution in [0.3, 0.4) is 0 Å². The Bertz CT molecular complexity index is 685. The number of hydrogen-bond donors (Lipinski definition) is 3. The largest absolute Gasteiger partial charge is 0.492 e. The molecule has 1 amide bonds. The van der Waals surface area contributed by atoms with Crippen molar-refractivity contribution in [2.75, 3.05) is 33.5 Å². The lowest BCUT2D eigenvalue weighted by molar-refractivity contribution is -0.0684. The van der Waals surface area contributed by atoms with E-state index < -0.39 is 17.7 Å². The van der Waals surface area contributed by atoms with Gasteiger partial charge in [-0.1, -0.05) is 17.7 Å². The number of aliphatic hydroxyl groups excluding tert-OH is 1. The van der Waals surface area contributed by atoms with Gasteiger partial charge < -0.3 is 25.1 Å². The fourth-order valence-electron chi connectivity index (χ4n) is 2.89. The minimum atomic E-state index is -0.687. The summed E-state index contributed by atoms with van der Waals surface area (Å²) in [6, 6.07) is 6.70. The van der Waals surface area contributed by atoms with Gasteiger partial charge in [0, 0.05) is 32.2 Å². The zero-order valence-electron chi connectivity index (χ0n) is 16.5. The lowest BCUT2D eigenvalue weighted by Gasteiger charge is -2.35. The number of benzene rings is 1. The Balaban J connectivity index is 1.89. The van der Waals surface area contributed by atoms with Crippen LogP contribution in [0.25, 0.3) is 0 Å². The summed E-state index contributed by atoms with van der Waals surface area (Å²) in [6.45, 7) is 3.53. The summed E-state index contributed by atoms with van der Waals surface area (Å²) in [5.74, 6) is 0.192. The van der Waals surface area contributed by atoms with Crippen LogP contribution in [-0.2, 0) is 9.47 Å². The zero-order valence-corrected chi connectivity index (χ0v) is 16.5. The molecule has 2 rings (SSSR count). The molecule has 0 heterocycles. The molecule has 4 N–H and O–H groups in total. The smallest absolute Gasteiger partial charge is 0.248 e. The first kappa shape index (κ1) is 22.1. The van der Waals surface area contributed by atoms with Gasteiger partial charge in [0.25, 0.3) is 0 Å². The number of allylic oxidation sites excluding steroid dienone is 2. The average molecular weight is 390 g/mol. The van der Waals surface area contributed by atoms with E-state index in [0.29, 0.717) is 37.5 Å². The first-order valence-electron chi connectivity index (χ1n) is 9.40. The number of methoxy groups -OCH3 is 1.